The molecule has 0 bridgehead atoms. The van der Waals surface area contributed by atoms with Crippen molar-refractivity contribution in [2.24, 2.45) is 4.99 Å². The smallest absolute Gasteiger partial charge is 0.280 e. The van der Waals surface area contributed by atoms with E-state index in [1.54, 1.807) is 4.90 Å². The van der Waals surface area contributed by atoms with Crippen molar-refractivity contribution in [1.29, 1.82) is 0 Å². The molecule has 1 aliphatic carbocycles. The molecule has 1 spiro atoms. The molecule has 172 valence electrons. The van der Waals surface area contributed by atoms with Gasteiger partial charge in [0.25, 0.3) is 5.91 Å². The maximum Gasteiger partial charge on any atom is 0.280 e. The third kappa shape index (κ3) is 3.27. The summed E-state index contributed by atoms with van der Waals surface area (Å²) in [5.41, 5.74) is 2.78. The first kappa shape index (κ1) is 20.9. The maximum absolute atomic E-state index is 13.8. The predicted octanol–water partition coefficient (Wildman–Crippen LogP) is 3.44. The van der Waals surface area contributed by atoms with Crippen LogP contribution in [0.1, 0.15) is 36.8 Å². The van der Waals surface area contributed by atoms with Crippen LogP contribution in [0.3, 0.4) is 0 Å². The summed E-state index contributed by atoms with van der Waals surface area (Å²) in [6, 6.07) is 20.3. The number of hydrogen-bond acceptors (Lipinski definition) is 5. The van der Waals surface area contributed by atoms with Crippen molar-refractivity contribution in [3.05, 3.63) is 83.3 Å². The fourth-order valence-corrected chi connectivity index (χ4v) is 5.72. The number of nitrogens with zero attached hydrogens (tertiary/aromatic N) is 5. The monoisotopic (exact) mass is 451 g/mol. The number of rotatable bonds is 2. The van der Waals surface area contributed by atoms with Crippen molar-refractivity contribution in [3.8, 4) is 11.8 Å². The molecule has 0 aromatic heterocycles. The molecule has 1 atom stereocenters. The van der Waals surface area contributed by atoms with Gasteiger partial charge in [-0.1, -0.05) is 73.2 Å². The molecule has 0 radical (unpaired) electrons. The number of likely N-dealkylation sites (N-methyl/N-ethyl adjacent to an activating group) is 1. The molecule has 2 aromatic rings. The van der Waals surface area contributed by atoms with Crippen LogP contribution < -0.4 is 0 Å². The third-order valence-electron chi connectivity index (χ3n) is 7.44. The van der Waals surface area contributed by atoms with E-state index in [2.05, 4.69) is 45.7 Å². The van der Waals surface area contributed by atoms with E-state index < -0.39 is 0 Å². The van der Waals surface area contributed by atoms with E-state index in [1.807, 2.05) is 55.6 Å². The minimum atomic E-state index is -0.248. The van der Waals surface area contributed by atoms with Gasteiger partial charge >= 0.3 is 0 Å². The molecule has 1 unspecified atom stereocenters. The Morgan fingerprint density at radius 3 is 2.38 bits per heavy atom. The summed E-state index contributed by atoms with van der Waals surface area (Å²) in [5.74, 6) is 8.53. The van der Waals surface area contributed by atoms with E-state index in [9.17, 15) is 4.79 Å². The molecule has 0 saturated heterocycles. The van der Waals surface area contributed by atoms with E-state index in [1.165, 1.54) is 12.8 Å². The number of carbonyl (C=O) groups is 1. The fraction of sp³-hybridized carbons (Fsp3) is 0.357. The average molecular weight is 452 g/mol. The lowest BCUT2D eigenvalue weighted by atomic mass is 9.99. The van der Waals surface area contributed by atoms with Gasteiger partial charge in [-0.05, 0) is 30.5 Å². The van der Waals surface area contributed by atoms with Gasteiger partial charge in [-0.15, -0.1) is 0 Å². The van der Waals surface area contributed by atoms with Gasteiger partial charge in [0.05, 0.1) is 12.1 Å². The highest BCUT2D eigenvalue weighted by molar-refractivity contribution is 6.09. The number of aliphatic imine (C=N–C) groups is 1. The van der Waals surface area contributed by atoms with Gasteiger partial charge in [-0.25, -0.2) is 4.99 Å². The van der Waals surface area contributed by atoms with Crippen LogP contribution in [0.25, 0.3) is 0 Å². The highest BCUT2D eigenvalue weighted by Crippen LogP contribution is 2.44. The van der Waals surface area contributed by atoms with E-state index in [0.29, 0.717) is 6.54 Å². The number of benzene rings is 2. The number of amides is 1. The van der Waals surface area contributed by atoms with Crippen LogP contribution in [-0.4, -0.2) is 63.8 Å². The van der Waals surface area contributed by atoms with Crippen molar-refractivity contribution in [2.75, 3.05) is 20.6 Å². The first-order valence-corrected chi connectivity index (χ1v) is 12.1. The Bertz CT molecular complexity index is 1230. The third-order valence-corrected chi connectivity index (χ3v) is 7.44. The minimum Gasteiger partial charge on any atom is -0.329 e. The van der Waals surface area contributed by atoms with Crippen LogP contribution in [0.4, 0.5) is 0 Å². The number of carbonyl (C=O) groups excluding carboxylic acids is 1. The van der Waals surface area contributed by atoms with E-state index in [4.69, 9.17) is 4.99 Å². The lowest BCUT2D eigenvalue weighted by molar-refractivity contribution is -0.125. The SMILES string of the molecule is CN1C(=O)C2=C(N3CC4(CCCC4)N=C13)N(C)C(C#Cc1ccccc1)N2Cc1ccccc1. The molecule has 6 rings (SSSR count). The Kier molecular flexibility index (Phi) is 4.88. The van der Waals surface area contributed by atoms with Crippen LogP contribution in [0, 0.1) is 11.8 Å². The summed E-state index contributed by atoms with van der Waals surface area (Å²) in [6.07, 6.45) is 4.34. The van der Waals surface area contributed by atoms with Gasteiger partial charge in [0.15, 0.2) is 6.17 Å². The van der Waals surface area contributed by atoms with Gasteiger partial charge < -0.3 is 9.80 Å². The second-order valence-electron chi connectivity index (χ2n) is 9.70. The number of hydrogen-bond donors (Lipinski definition) is 0. The Morgan fingerprint density at radius 2 is 1.68 bits per heavy atom. The number of fused-ring (bicyclic) bond motifs is 2. The summed E-state index contributed by atoms with van der Waals surface area (Å²) in [6.45, 7) is 1.45. The Labute approximate surface area is 201 Å². The van der Waals surface area contributed by atoms with Gasteiger partial charge in [-0.2, -0.15) is 0 Å². The van der Waals surface area contributed by atoms with E-state index in [0.717, 1.165) is 48.0 Å². The molecule has 2 aromatic carbocycles. The summed E-state index contributed by atoms with van der Waals surface area (Å²) in [5, 5.41) is 0. The number of guanidine groups is 1. The molecule has 6 nitrogen and oxygen atoms in total. The Balaban J connectivity index is 1.43. The van der Waals surface area contributed by atoms with Crippen molar-refractivity contribution in [3.63, 3.8) is 0 Å². The van der Waals surface area contributed by atoms with Crippen molar-refractivity contribution >= 4 is 11.9 Å². The second kappa shape index (κ2) is 7.95. The van der Waals surface area contributed by atoms with Gasteiger partial charge in [0, 0.05) is 26.2 Å². The van der Waals surface area contributed by atoms with Gasteiger partial charge in [-0.3, -0.25) is 14.6 Å². The minimum absolute atomic E-state index is 0.00756. The van der Waals surface area contributed by atoms with Crippen molar-refractivity contribution in [2.45, 2.75) is 43.9 Å². The highest BCUT2D eigenvalue weighted by Gasteiger charge is 2.53. The Morgan fingerprint density at radius 1 is 1.00 bits per heavy atom. The highest BCUT2D eigenvalue weighted by atomic mass is 16.2. The van der Waals surface area contributed by atoms with Crippen LogP contribution in [0.2, 0.25) is 0 Å². The molecule has 3 aliphatic heterocycles. The van der Waals surface area contributed by atoms with Gasteiger partial charge in [0.1, 0.15) is 11.5 Å². The quantitative estimate of drug-likeness (QED) is 0.656. The molecule has 1 amide bonds. The molecular weight excluding hydrogens is 422 g/mol. The second-order valence-corrected chi connectivity index (χ2v) is 9.70. The zero-order chi connectivity index (χ0) is 23.3. The summed E-state index contributed by atoms with van der Waals surface area (Å²) >= 11 is 0. The largest absolute Gasteiger partial charge is 0.329 e. The van der Waals surface area contributed by atoms with Crippen LogP contribution >= 0.6 is 0 Å². The first-order chi connectivity index (χ1) is 16.6. The molecule has 6 heteroatoms. The predicted molar refractivity (Wildman–Crippen MR) is 132 cm³/mol. The molecule has 0 N–H and O–H groups in total. The summed E-state index contributed by atoms with van der Waals surface area (Å²) in [7, 11) is 3.91. The van der Waals surface area contributed by atoms with Gasteiger partial charge in [0.2, 0.25) is 5.96 Å². The fourth-order valence-electron chi connectivity index (χ4n) is 5.72. The van der Waals surface area contributed by atoms with Crippen LogP contribution in [-0.2, 0) is 11.3 Å². The van der Waals surface area contributed by atoms with Crippen molar-refractivity contribution in [1.82, 2.24) is 19.6 Å². The summed E-state index contributed by atoms with van der Waals surface area (Å²) < 4.78 is 0. The Hall–Kier alpha value is -3.72. The molecule has 1 saturated carbocycles. The molecule has 34 heavy (non-hydrogen) atoms. The zero-order valence-electron chi connectivity index (χ0n) is 19.7. The zero-order valence-corrected chi connectivity index (χ0v) is 19.7. The normalized spacial score (nSPS) is 22.7. The topological polar surface area (TPSA) is 42.4 Å². The van der Waals surface area contributed by atoms with E-state index in [-0.39, 0.29) is 17.6 Å². The molecule has 3 heterocycles. The summed E-state index contributed by atoms with van der Waals surface area (Å²) in [4.78, 5) is 27.2. The lowest BCUT2D eigenvalue weighted by Gasteiger charge is -2.35. The van der Waals surface area contributed by atoms with Crippen molar-refractivity contribution < 1.29 is 4.79 Å². The average Bonchev–Trinajstić information content (AvgIpc) is 3.55. The standard InChI is InChI=1S/C28H29N5O/c1-30-23(16-15-21-11-5-3-6-12-21)32(19-22-13-7-4-8-14-22)24-25(30)33-20-28(17-9-10-18-28)29-27(33)31(2)26(24)34/h3-8,11-14,23H,9-10,17-20H2,1-2H3. The first-order valence-electron chi connectivity index (χ1n) is 12.1. The maximum atomic E-state index is 13.8. The van der Waals surface area contributed by atoms with Crippen LogP contribution in [0.5, 0.6) is 0 Å². The molecule has 1 fully saturated rings. The lowest BCUT2D eigenvalue weighted by Crippen LogP contribution is -2.51. The van der Waals surface area contributed by atoms with E-state index >= 15 is 0 Å². The molecular formula is C28H29N5O. The van der Waals surface area contributed by atoms with Crippen LogP contribution in [0.15, 0.2) is 77.2 Å². The molecule has 4 aliphatic rings.